The van der Waals surface area contributed by atoms with Crippen molar-refractivity contribution in [1.82, 2.24) is 25.1 Å². The van der Waals surface area contributed by atoms with Crippen molar-refractivity contribution in [2.45, 2.75) is 122 Å². The maximum absolute atomic E-state index is 17.7. The first kappa shape index (κ1) is 41.9. The van der Waals surface area contributed by atoms with Gasteiger partial charge in [0.2, 0.25) is 11.8 Å². The van der Waals surface area contributed by atoms with Crippen LogP contribution in [0.1, 0.15) is 85.5 Å². The van der Waals surface area contributed by atoms with Crippen LogP contribution in [0.25, 0.3) is 22.0 Å². The zero-order chi connectivity index (χ0) is 43.3. The molecule has 59 heavy (non-hydrogen) atoms. The van der Waals surface area contributed by atoms with Gasteiger partial charge in [-0.3, -0.25) is 19.9 Å². The highest BCUT2D eigenvalue weighted by atomic mass is 19.4. The third-order valence-corrected chi connectivity index (χ3v) is 10.8. The molecule has 3 amide bonds. The number of amides is 3. The number of aryl methyl sites for hydroxylation is 1. The lowest BCUT2D eigenvalue weighted by molar-refractivity contribution is -0.275. The number of fused-ring (bicyclic) bond motifs is 5. The summed E-state index contributed by atoms with van der Waals surface area (Å²) in [6.45, 7) is 15.9. The van der Waals surface area contributed by atoms with Crippen LogP contribution in [0.3, 0.4) is 0 Å². The van der Waals surface area contributed by atoms with E-state index >= 15 is 8.78 Å². The lowest BCUT2D eigenvalue weighted by atomic mass is 9.92. The first-order valence-electron chi connectivity index (χ1n) is 19.3. The van der Waals surface area contributed by atoms with Gasteiger partial charge in [0.15, 0.2) is 17.4 Å². The SMILES string of the molecule is Cc1c(C2CN(C)CC(=O)N2)nc2c3c(nc(-c4cc(NC(=O)OC(C)(C)C)cc(F)c4OC(F)(F)F)c(F)c13)O[C@@H](C)[C@@H]1[C@@H]3CC[C@](C)(CN21)N3C(=O)OC(C)(C)C. The summed E-state index contributed by atoms with van der Waals surface area (Å²) in [7, 11) is 1.74. The molecule has 1 aromatic carbocycles. The van der Waals surface area contributed by atoms with Crippen LogP contribution in [-0.4, -0.2) is 106 Å². The van der Waals surface area contributed by atoms with Gasteiger partial charge in [0.1, 0.15) is 28.8 Å². The van der Waals surface area contributed by atoms with Crippen molar-refractivity contribution in [2.24, 2.45) is 0 Å². The Morgan fingerprint density at radius 3 is 2.34 bits per heavy atom. The molecule has 2 aromatic heterocycles. The summed E-state index contributed by atoms with van der Waals surface area (Å²) in [5.74, 6) is -4.47. The number of nitrogens with one attached hydrogen (secondary N) is 2. The van der Waals surface area contributed by atoms with Crippen LogP contribution >= 0.6 is 0 Å². The molecular formula is C40H48F5N7O7. The summed E-state index contributed by atoms with van der Waals surface area (Å²) in [6.07, 6.45) is -6.65. The standard InChI is InChI=1S/C40H48F5N7O7/c1-18-26-27-33(48-29(18)23-15-50(10)16-25(53)47-23)51-17-39(9)12-11-24(52(39)36(55)59-38(6,7)8)31(51)19(2)56-34(27)49-30(28(26)42)21-13-20(46-35(54)58-37(3,4)5)14-22(41)32(21)57-40(43,44)45/h13-14,19,23-24,31H,11-12,15-17H2,1-10H3,(H,46,54)(H,47,53)/t19-,23?,24-,31+,39+/m0/s1. The topological polar surface area (TPSA) is 148 Å². The Hall–Kier alpha value is -5.20. The molecule has 4 aliphatic heterocycles. The number of ether oxygens (including phenoxy) is 4. The van der Waals surface area contributed by atoms with Gasteiger partial charge in [0, 0.05) is 30.2 Å². The van der Waals surface area contributed by atoms with E-state index in [2.05, 4.69) is 20.4 Å². The van der Waals surface area contributed by atoms with E-state index in [1.165, 1.54) is 0 Å². The lowest BCUT2D eigenvalue weighted by Crippen LogP contribution is -2.69. The fourth-order valence-electron chi connectivity index (χ4n) is 8.80. The van der Waals surface area contributed by atoms with Crippen molar-refractivity contribution in [3.05, 3.63) is 35.0 Å². The third kappa shape index (κ3) is 7.96. The molecule has 0 saturated carbocycles. The number of anilines is 2. The van der Waals surface area contributed by atoms with Crippen molar-refractivity contribution in [1.29, 1.82) is 0 Å². The largest absolute Gasteiger partial charge is 0.573 e. The minimum Gasteiger partial charge on any atom is -0.472 e. The van der Waals surface area contributed by atoms with Crippen LogP contribution in [0.5, 0.6) is 11.6 Å². The fraction of sp³-hybridized carbons (Fsp3) is 0.575. The Morgan fingerprint density at radius 1 is 1.03 bits per heavy atom. The van der Waals surface area contributed by atoms with Gasteiger partial charge in [-0.2, -0.15) is 0 Å². The average molecular weight is 834 g/mol. The number of hydrogen-bond donors (Lipinski definition) is 2. The molecule has 3 saturated heterocycles. The molecule has 3 fully saturated rings. The van der Waals surface area contributed by atoms with E-state index in [9.17, 15) is 27.6 Å². The molecule has 3 aromatic rings. The molecule has 5 atom stereocenters. The van der Waals surface area contributed by atoms with E-state index in [4.69, 9.17) is 19.2 Å². The van der Waals surface area contributed by atoms with E-state index in [1.54, 1.807) is 72.2 Å². The molecule has 320 valence electrons. The molecule has 19 heteroatoms. The molecule has 1 unspecified atom stereocenters. The van der Waals surface area contributed by atoms with Gasteiger partial charge >= 0.3 is 18.5 Å². The number of benzene rings is 1. The van der Waals surface area contributed by atoms with E-state index in [-0.39, 0.29) is 65.0 Å². The van der Waals surface area contributed by atoms with Gasteiger partial charge in [-0.1, -0.05) is 0 Å². The van der Waals surface area contributed by atoms with E-state index < -0.39 is 88.2 Å². The molecule has 14 nitrogen and oxygen atoms in total. The first-order chi connectivity index (χ1) is 27.2. The van der Waals surface area contributed by atoms with Crippen LogP contribution in [0.15, 0.2) is 12.1 Å². The predicted octanol–water partition coefficient (Wildman–Crippen LogP) is 7.36. The van der Waals surface area contributed by atoms with Gasteiger partial charge in [0.25, 0.3) is 0 Å². The van der Waals surface area contributed by atoms with Crippen molar-refractivity contribution < 1.29 is 55.3 Å². The molecule has 6 heterocycles. The first-order valence-corrected chi connectivity index (χ1v) is 19.3. The average Bonchev–Trinajstić information content (AvgIpc) is 3.25. The number of carbonyl (C=O) groups excluding carboxylic acids is 3. The summed E-state index contributed by atoms with van der Waals surface area (Å²) in [4.78, 5) is 54.5. The second kappa shape index (κ2) is 14.2. The van der Waals surface area contributed by atoms with Gasteiger partial charge in [-0.25, -0.2) is 28.3 Å². The molecular weight excluding hydrogens is 785 g/mol. The zero-order valence-corrected chi connectivity index (χ0v) is 34.5. The summed E-state index contributed by atoms with van der Waals surface area (Å²) < 4.78 is 97.1. The van der Waals surface area contributed by atoms with E-state index in [0.717, 1.165) is 6.07 Å². The minimum atomic E-state index is -5.43. The lowest BCUT2D eigenvalue weighted by Gasteiger charge is -2.52. The Kier molecular flexibility index (Phi) is 10.1. The van der Waals surface area contributed by atoms with Crippen molar-refractivity contribution in [3.8, 4) is 22.9 Å². The van der Waals surface area contributed by atoms with E-state index in [1.807, 2.05) is 11.8 Å². The number of aromatic nitrogens is 2. The molecule has 2 bridgehead atoms. The van der Waals surface area contributed by atoms with Crippen LogP contribution in [0.4, 0.5) is 43.0 Å². The number of piperazine rings is 2. The van der Waals surface area contributed by atoms with E-state index in [0.29, 0.717) is 18.9 Å². The quantitative estimate of drug-likeness (QED) is 0.254. The molecule has 4 aliphatic rings. The number of rotatable bonds is 4. The number of hydrogen-bond acceptors (Lipinski definition) is 11. The normalized spacial score (nSPS) is 24.6. The van der Waals surface area contributed by atoms with Gasteiger partial charge in [-0.05, 0) is 93.8 Å². The summed E-state index contributed by atoms with van der Waals surface area (Å²) in [5.41, 5.74) is -4.05. The number of pyridine rings is 2. The Balaban J connectivity index is 1.48. The number of likely N-dealkylation sites (N-methyl/N-ethyl adjacent to an activating group) is 1. The molecule has 0 radical (unpaired) electrons. The van der Waals surface area contributed by atoms with Crippen molar-refractivity contribution in [3.63, 3.8) is 0 Å². The second-order valence-electron chi connectivity index (χ2n) is 18.0. The predicted molar refractivity (Wildman–Crippen MR) is 205 cm³/mol. The Bertz CT molecular complexity index is 2240. The number of alkyl halides is 3. The molecule has 0 spiro atoms. The fourth-order valence-corrected chi connectivity index (χ4v) is 8.80. The Morgan fingerprint density at radius 2 is 1.71 bits per heavy atom. The molecule has 0 aliphatic carbocycles. The second-order valence-corrected chi connectivity index (χ2v) is 18.0. The van der Waals surface area contributed by atoms with Crippen LogP contribution < -0.4 is 25.0 Å². The smallest absolute Gasteiger partial charge is 0.472 e. The van der Waals surface area contributed by atoms with Crippen LogP contribution in [0.2, 0.25) is 0 Å². The maximum Gasteiger partial charge on any atom is 0.573 e. The van der Waals surface area contributed by atoms with Gasteiger partial charge in [-0.15, -0.1) is 13.2 Å². The van der Waals surface area contributed by atoms with Gasteiger partial charge < -0.3 is 29.2 Å². The summed E-state index contributed by atoms with van der Waals surface area (Å²) in [6, 6.07) is -0.375. The van der Waals surface area contributed by atoms with Crippen LogP contribution in [0, 0.1) is 18.6 Å². The number of nitrogens with zero attached hydrogens (tertiary/aromatic N) is 5. The highest BCUT2D eigenvalue weighted by Gasteiger charge is 2.59. The molecule has 2 N–H and O–H groups in total. The summed E-state index contributed by atoms with van der Waals surface area (Å²) in [5, 5.41) is 5.16. The Labute approximate surface area is 337 Å². The minimum absolute atomic E-state index is 0.0906. The monoisotopic (exact) mass is 833 g/mol. The number of halogens is 5. The zero-order valence-electron chi connectivity index (χ0n) is 34.5. The molecule has 7 rings (SSSR count). The maximum atomic E-state index is 17.7. The van der Waals surface area contributed by atoms with Gasteiger partial charge in [0.05, 0.1) is 46.9 Å². The summed E-state index contributed by atoms with van der Waals surface area (Å²) >= 11 is 0. The van der Waals surface area contributed by atoms with Crippen molar-refractivity contribution in [2.75, 3.05) is 36.9 Å². The highest BCUT2D eigenvalue weighted by molar-refractivity contribution is 6.02. The van der Waals surface area contributed by atoms with Crippen molar-refractivity contribution >= 4 is 40.4 Å². The number of carbonyl (C=O) groups is 3. The van der Waals surface area contributed by atoms with Crippen LogP contribution in [-0.2, 0) is 14.3 Å². The highest BCUT2D eigenvalue weighted by Crippen LogP contribution is 2.51. The third-order valence-electron chi connectivity index (χ3n) is 10.8.